The quantitative estimate of drug-likeness (QED) is 0.872. The van der Waals surface area contributed by atoms with Gasteiger partial charge >= 0.3 is 0 Å². The lowest BCUT2D eigenvalue weighted by Gasteiger charge is -2.07. The van der Waals surface area contributed by atoms with Crippen LogP contribution in [0.4, 0.5) is 10.1 Å². The molecule has 18 heavy (non-hydrogen) atoms. The van der Waals surface area contributed by atoms with E-state index in [0.717, 1.165) is 12.1 Å². The number of H-pyrrole nitrogens is 1. The topological polar surface area (TPSA) is 98.6 Å². The van der Waals surface area contributed by atoms with Crippen molar-refractivity contribution in [3.63, 3.8) is 0 Å². The summed E-state index contributed by atoms with van der Waals surface area (Å²) in [6.45, 7) is 0. The number of aromatic amines is 1. The van der Waals surface area contributed by atoms with Gasteiger partial charge in [-0.05, 0) is 12.1 Å². The van der Waals surface area contributed by atoms with Gasteiger partial charge in [-0.25, -0.2) is 12.8 Å². The van der Waals surface area contributed by atoms with Crippen LogP contribution < -0.4 is 4.72 Å². The average Bonchev–Trinajstić information content (AvgIpc) is 2.80. The fraction of sp³-hybridized carbons (Fsp3) is 0. The first-order valence-corrected chi connectivity index (χ1v) is 6.23. The number of nitriles is 1. The Kier molecular flexibility index (Phi) is 2.99. The van der Waals surface area contributed by atoms with Gasteiger partial charge in [0.15, 0.2) is 0 Å². The van der Waals surface area contributed by atoms with E-state index in [0.29, 0.717) is 0 Å². The number of aromatic nitrogens is 2. The normalized spacial score (nSPS) is 10.9. The van der Waals surface area contributed by atoms with Gasteiger partial charge in [-0.1, -0.05) is 6.07 Å². The molecule has 1 aromatic carbocycles. The number of halogens is 1. The maximum absolute atomic E-state index is 13.3. The summed E-state index contributed by atoms with van der Waals surface area (Å²) in [4.78, 5) is -0.411. The molecule has 92 valence electrons. The molecule has 0 fully saturated rings. The lowest BCUT2D eigenvalue weighted by molar-refractivity contribution is 0.593. The van der Waals surface area contributed by atoms with E-state index in [4.69, 9.17) is 5.26 Å². The third kappa shape index (κ3) is 2.16. The third-order valence-electron chi connectivity index (χ3n) is 2.13. The van der Waals surface area contributed by atoms with Gasteiger partial charge in [-0.15, -0.1) is 0 Å². The van der Waals surface area contributed by atoms with Crippen LogP contribution >= 0.6 is 0 Å². The van der Waals surface area contributed by atoms with Gasteiger partial charge in [-0.3, -0.25) is 9.82 Å². The Labute approximate surface area is 102 Å². The van der Waals surface area contributed by atoms with Gasteiger partial charge < -0.3 is 0 Å². The number of benzene rings is 1. The number of nitrogens with one attached hydrogen (secondary N) is 2. The molecule has 0 bridgehead atoms. The maximum Gasteiger partial charge on any atom is 0.263 e. The highest BCUT2D eigenvalue weighted by Crippen LogP contribution is 2.20. The fourth-order valence-electron chi connectivity index (χ4n) is 1.35. The third-order valence-corrected chi connectivity index (χ3v) is 3.55. The number of sulfonamides is 1. The Balaban J connectivity index is 2.49. The Morgan fingerprint density at radius 2 is 2.22 bits per heavy atom. The summed E-state index contributed by atoms with van der Waals surface area (Å²) < 4.78 is 39.4. The number of hydrogen-bond acceptors (Lipinski definition) is 4. The van der Waals surface area contributed by atoms with E-state index in [1.165, 1.54) is 24.5 Å². The highest BCUT2D eigenvalue weighted by atomic mass is 32.2. The minimum Gasteiger partial charge on any atom is -0.284 e. The second kappa shape index (κ2) is 4.46. The second-order valence-electron chi connectivity index (χ2n) is 3.32. The molecule has 1 heterocycles. The summed E-state index contributed by atoms with van der Waals surface area (Å²) in [7, 11) is -4.02. The van der Waals surface area contributed by atoms with E-state index in [9.17, 15) is 12.8 Å². The van der Waals surface area contributed by atoms with Crippen LogP contribution in [0.2, 0.25) is 0 Å². The highest BCUT2D eigenvalue weighted by Gasteiger charge is 2.21. The molecule has 0 unspecified atom stereocenters. The molecule has 0 amide bonds. The molecule has 0 radical (unpaired) electrons. The fourth-order valence-corrected chi connectivity index (χ4v) is 2.56. The highest BCUT2D eigenvalue weighted by molar-refractivity contribution is 7.92. The number of nitrogens with zero attached hydrogens (tertiary/aromatic N) is 2. The molecule has 0 saturated heterocycles. The molecule has 0 atom stereocenters. The summed E-state index contributed by atoms with van der Waals surface area (Å²) >= 11 is 0. The molecular weight excluding hydrogens is 259 g/mol. The molecule has 2 N–H and O–H groups in total. The molecule has 0 saturated carbocycles. The first kappa shape index (κ1) is 12.1. The second-order valence-corrected chi connectivity index (χ2v) is 4.97. The zero-order valence-corrected chi connectivity index (χ0v) is 9.70. The molecule has 0 spiro atoms. The van der Waals surface area contributed by atoms with Crippen molar-refractivity contribution >= 4 is 15.7 Å². The zero-order valence-electron chi connectivity index (χ0n) is 8.88. The van der Waals surface area contributed by atoms with E-state index >= 15 is 0 Å². The predicted octanol–water partition coefficient (Wildman–Crippen LogP) is 1.22. The van der Waals surface area contributed by atoms with Gasteiger partial charge in [0, 0.05) is 6.20 Å². The standard InChI is InChI=1S/C10H7FN4O2S/c11-9-2-1-3-10(8(9)4-12)18(16,17)15-7-5-13-14-6-7/h1-3,5-6,15H,(H,13,14). The smallest absolute Gasteiger partial charge is 0.263 e. The molecular formula is C10H7FN4O2S. The molecule has 0 aliphatic carbocycles. The Morgan fingerprint density at radius 1 is 1.44 bits per heavy atom. The summed E-state index contributed by atoms with van der Waals surface area (Å²) in [5.74, 6) is -0.882. The lowest BCUT2D eigenvalue weighted by atomic mass is 10.2. The minimum atomic E-state index is -4.02. The predicted molar refractivity (Wildman–Crippen MR) is 60.5 cm³/mol. The van der Waals surface area contributed by atoms with Crippen LogP contribution in [0.15, 0.2) is 35.5 Å². The Morgan fingerprint density at radius 3 is 2.83 bits per heavy atom. The number of hydrogen-bond donors (Lipinski definition) is 2. The molecule has 8 heteroatoms. The van der Waals surface area contributed by atoms with Crippen molar-refractivity contribution in [3.8, 4) is 6.07 Å². The van der Waals surface area contributed by atoms with Crippen LogP contribution in [-0.2, 0) is 10.0 Å². The van der Waals surface area contributed by atoms with Crippen LogP contribution in [-0.4, -0.2) is 18.6 Å². The molecule has 0 aliphatic rings. The minimum absolute atomic E-state index is 0.197. The van der Waals surface area contributed by atoms with Crippen LogP contribution in [0.3, 0.4) is 0 Å². The van der Waals surface area contributed by atoms with Crippen molar-refractivity contribution < 1.29 is 12.8 Å². The van der Waals surface area contributed by atoms with Crippen LogP contribution in [0.25, 0.3) is 0 Å². The summed E-state index contributed by atoms with van der Waals surface area (Å²) in [5, 5.41) is 14.8. The largest absolute Gasteiger partial charge is 0.284 e. The van der Waals surface area contributed by atoms with E-state index in [1.54, 1.807) is 0 Å². The summed E-state index contributed by atoms with van der Waals surface area (Å²) in [6, 6.07) is 4.93. The van der Waals surface area contributed by atoms with Gasteiger partial charge in [0.25, 0.3) is 10.0 Å². The molecule has 0 aliphatic heterocycles. The van der Waals surface area contributed by atoms with Crippen LogP contribution in [0, 0.1) is 17.1 Å². The van der Waals surface area contributed by atoms with Gasteiger partial charge in [0.05, 0.1) is 11.9 Å². The van der Waals surface area contributed by atoms with Crippen molar-refractivity contribution in [1.82, 2.24) is 10.2 Å². The van der Waals surface area contributed by atoms with Crippen LogP contribution in [0.1, 0.15) is 5.56 Å². The summed E-state index contributed by atoms with van der Waals surface area (Å²) in [5.41, 5.74) is -0.323. The first-order chi connectivity index (χ1) is 8.54. The van der Waals surface area contributed by atoms with Gasteiger partial charge in [-0.2, -0.15) is 10.4 Å². The maximum atomic E-state index is 13.3. The van der Waals surface area contributed by atoms with Crippen molar-refractivity contribution in [1.29, 1.82) is 5.26 Å². The van der Waals surface area contributed by atoms with E-state index in [-0.39, 0.29) is 5.69 Å². The van der Waals surface area contributed by atoms with Crippen molar-refractivity contribution in [2.24, 2.45) is 0 Å². The van der Waals surface area contributed by atoms with Crippen LogP contribution in [0.5, 0.6) is 0 Å². The molecule has 1 aromatic heterocycles. The number of rotatable bonds is 3. The van der Waals surface area contributed by atoms with Gasteiger partial charge in [0.2, 0.25) is 0 Å². The van der Waals surface area contributed by atoms with Crippen molar-refractivity contribution in [3.05, 3.63) is 42.0 Å². The lowest BCUT2D eigenvalue weighted by Crippen LogP contribution is -2.14. The van der Waals surface area contributed by atoms with Crippen molar-refractivity contribution in [2.75, 3.05) is 4.72 Å². The van der Waals surface area contributed by atoms with E-state index in [2.05, 4.69) is 14.9 Å². The molecule has 2 aromatic rings. The van der Waals surface area contributed by atoms with E-state index in [1.807, 2.05) is 0 Å². The number of anilines is 1. The average molecular weight is 266 g/mol. The molecule has 6 nitrogen and oxygen atoms in total. The Bertz CT molecular complexity index is 704. The first-order valence-electron chi connectivity index (χ1n) is 4.75. The van der Waals surface area contributed by atoms with E-state index < -0.39 is 26.3 Å². The zero-order chi connectivity index (χ0) is 13.2. The monoisotopic (exact) mass is 266 g/mol. The molecule has 2 rings (SSSR count). The van der Waals surface area contributed by atoms with Gasteiger partial charge in [0.1, 0.15) is 22.3 Å². The summed E-state index contributed by atoms with van der Waals surface area (Å²) in [6.07, 6.45) is 2.58. The SMILES string of the molecule is N#Cc1c(F)cccc1S(=O)(=O)Nc1cn[nH]c1. The van der Waals surface area contributed by atoms with Crippen molar-refractivity contribution in [2.45, 2.75) is 4.90 Å². The Hall–Kier alpha value is -2.40.